The standard InChI is InChI=1S/C18H15N3O2S/c1-11-9-17-19-20-18(22)21(17)16-10-13(5-8-15(11)16)12-3-6-14(7-4-12)24(2)23/h3-10H,1-2H3,(H,20,22). The Labute approximate surface area is 140 Å². The summed E-state index contributed by atoms with van der Waals surface area (Å²) >= 11 is 0. The van der Waals surface area contributed by atoms with Crippen LogP contribution in [0.25, 0.3) is 27.7 Å². The van der Waals surface area contributed by atoms with E-state index in [1.807, 2.05) is 55.5 Å². The number of aromatic nitrogens is 3. The zero-order chi connectivity index (χ0) is 16.8. The first-order chi connectivity index (χ1) is 11.5. The molecule has 0 aliphatic heterocycles. The fourth-order valence-corrected chi connectivity index (χ4v) is 3.50. The van der Waals surface area contributed by atoms with Crippen molar-refractivity contribution in [3.8, 4) is 11.1 Å². The van der Waals surface area contributed by atoms with Crippen LogP contribution in [0.4, 0.5) is 0 Å². The van der Waals surface area contributed by atoms with Crippen LogP contribution in [0, 0.1) is 6.92 Å². The molecule has 2 aromatic carbocycles. The van der Waals surface area contributed by atoms with E-state index in [0.717, 1.165) is 32.5 Å². The molecule has 0 spiro atoms. The van der Waals surface area contributed by atoms with Gasteiger partial charge < -0.3 is 0 Å². The van der Waals surface area contributed by atoms with Gasteiger partial charge in [0.05, 0.1) is 5.52 Å². The van der Waals surface area contributed by atoms with Gasteiger partial charge in [0.1, 0.15) is 0 Å². The first-order valence-corrected chi connectivity index (χ1v) is 9.05. The highest BCUT2D eigenvalue weighted by Crippen LogP contribution is 2.27. The minimum atomic E-state index is -0.993. The Hall–Kier alpha value is -2.73. The second kappa shape index (κ2) is 5.42. The summed E-state index contributed by atoms with van der Waals surface area (Å²) in [5.41, 5.74) is 4.26. The zero-order valence-electron chi connectivity index (χ0n) is 13.2. The van der Waals surface area contributed by atoms with E-state index in [9.17, 15) is 9.00 Å². The van der Waals surface area contributed by atoms with E-state index in [1.54, 1.807) is 10.7 Å². The minimum absolute atomic E-state index is 0.246. The van der Waals surface area contributed by atoms with Gasteiger partial charge in [-0.3, -0.25) is 4.21 Å². The minimum Gasteiger partial charge on any atom is -0.255 e. The molecule has 0 fully saturated rings. The smallest absolute Gasteiger partial charge is 0.255 e. The van der Waals surface area contributed by atoms with Gasteiger partial charge in [0.25, 0.3) is 0 Å². The molecule has 0 saturated carbocycles. The number of benzene rings is 2. The fraction of sp³-hybridized carbons (Fsp3) is 0.111. The average Bonchev–Trinajstić information content (AvgIpc) is 2.95. The van der Waals surface area contributed by atoms with Gasteiger partial charge in [-0.25, -0.2) is 14.3 Å². The van der Waals surface area contributed by atoms with E-state index in [-0.39, 0.29) is 5.69 Å². The Balaban J connectivity index is 1.97. The molecule has 2 aromatic heterocycles. The molecular formula is C18H15N3O2S. The summed E-state index contributed by atoms with van der Waals surface area (Å²) in [6.45, 7) is 2.01. The molecule has 1 N–H and O–H groups in total. The van der Waals surface area contributed by atoms with Crippen LogP contribution in [0.15, 0.2) is 58.2 Å². The molecule has 120 valence electrons. The highest BCUT2D eigenvalue weighted by Gasteiger charge is 2.09. The van der Waals surface area contributed by atoms with E-state index in [1.165, 1.54) is 0 Å². The van der Waals surface area contributed by atoms with Crippen molar-refractivity contribution in [1.29, 1.82) is 0 Å². The second-order valence-electron chi connectivity index (χ2n) is 5.76. The van der Waals surface area contributed by atoms with Gasteiger partial charge in [-0.2, -0.15) is 5.10 Å². The number of aromatic amines is 1. The third-order valence-electron chi connectivity index (χ3n) is 4.23. The van der Waals surface area contributed by atoms with Gasteiger partial charge in [0.2, 0.25) is 0 Å². The quantitative estimate of drug-likeness (QED) is 0.611. The van der Waals surface area contributed by atoms with Crippen molar-refractivity contribution in [3.63, 3.8) is 0 Å². The molecule has 4 rings (SSSR count). The van der Waals surface area contributed by atoms with Crippen LogP contribution in [0.3, 0.4) is 0 Å². The summed E-state index contributed by atoms with van der Waals surface area (Å²) < 4.78 is 13.1. The number of rotatable bonds is 2. The third-order valence-corrected chi connectivity index (χ3v) is 5.16. The summed E-state index contributed by atoms with van der Waals surface area (Å²) in [4.78, 5) is 12.9. The number of hydrogen-bond acceptors (Lipinski definition) is 3. The summed E-state index contributed by atoms with van der Waals surface area (Å²) in [5, 5.41) is 7.57. The van der Waals surface area contributed by atoms with E-state index >= 15 is 0 Å². The Morgan fingerprint density at radius 2 is 1.75 bits per heavy atom. The van der Waals surface area contributed by atoms with Crippen LogP contribution in [0.1, 0.15) is 5.56 Å². The summed E-state index contributed by atoms with van der Waals surface area (Å²) in [6, 6.07) is 15.6. The predicted octanol–water partition coefficient (Wildman–Crippen LogP) is 2.89. The number of fused-ring (bicyclic) bond motifs is 3. The van der Waals surface area contributed by atoms with E-state index in [2.05, 4.69) is 10.2 Å². The lowest BCUT2D eigenvalue weighted by molar-refractivity contribution is 0.687. The molecule has 0 saturated heterocycles. The molecule has 1 unspecified atom stereocenters. The van der Waals surface area contributed by atoms with Crippen LogP contribution in [-0.4, -0.2) is 25.1 Å². The Morgan fingerprint density at radius 3 is 2.46 bits per heavy atom. The van der Waals surface area contributed by atoms with Crippen LogP contribution in [0.5, 0.6) is 0 Å². The molecule has 6 heteroatoms. The normalized spacial score (nSPS) is 12.8. The van der Waals surface area contributed by atoms with E-state index in [4.69, 9.17) is 0 Å². The summed E-state index contributed by atoms with van der Waals surface area (Å²) in [5.74, 6) is 0. The zero-order valence-corrected chi connectivity index (χ0v) is 14.1. The number of H-pyrrole nitrogens is 1. The maximum absolute atomic E-state index is 12.1. The lowest BCUT2D eigenvalue weighted by atomic mass is 10.0. The van der Waals surface area contributed by atoms with Gasteiger partial charge in [0, 0.05) is 27.3 Å². The molecule has 4 aromatic rings. The summed E-state index contributed by atoms with van der Waals surface area (Å²) in [6.07, 6.45) is 1.66. The molecule has 0 bridgehead atoms. The van der Waals surface area contributed by atoms with Crippen molar-refractivity contribution in [2.45, 2.75) is 11.8 Å². The summed E-state index contributed by atoms with van der Waals surface area (Å²) in [7, 11) is -0.993. The van der Waals surface area contributed by atoms with Crippen LogP contribution >= 0.6 is 0 Å². The number of nitrogens with zero attached hydrogens (tertiary/aromatic N) is 2. The first kappa shape index (κ1) is 14.8. The Morgan fingerprint density at radius 1 is 1.04 bits per heavy atom. The molecule has 0 radical (unpaired) electrons. The van der Waals surface area contributed by atoms with Crippen molar-refractivity contribution >= 4 is 27.3 Å². The van der Waals surface area contributed by atoms with Crippen molar-refractivity contribution in [1.82, 2.24) is 14.6 Å². The van der Waals surface area contributed by atoms with Gasteiger partial charge in [0.15, 0.2) is 5.65 Å². The monoisotopic (exact) mass is 337 g/mol. The lowest BCUT2D eigenvalue weighted by Gasteiger charge is -2.08. The maximum Gasteiger partial charge on any atom is 0.348 e. The topological polar surface area (TPSA) is 67.2 Å². The van der Waals surface area contributed by atoms with Crippen LogP contribution in [0.2, 0.25) is 0 Å². The van der Waals surface area contributed by atoms with Gasteiger partial charge in [-0.05, 0) is 47.9 Å². The van der Waals surface area contributed by atoms with Crippen LogP contribution in [-0.2, 0) is 10.8 Å². The van der Waals surface area contributed by atoms with E-state index < -0.39 is 10.8 Å². The number of pyridine rings is 1. The van der Waals surface area contributed by atoms with Gasteiger partial charge in [-0.1, -0.05) is 24.3 Å². The van der Waals surface area contributed by atoms with Gasteiger partial charge >= 0.3 is 5.69 Å². The number of aryl methyl sites for hydroxylation is 1. The highest BCUT2D eigenvalue weighted by atomic mass is 32.2. The molecular weight excluding hydrogens is 322 g/mol. The fourth-order valence-electron chi connectivity index (χ4n) is 2.98. The number of hydrogen-bond donors (Lipinski definition) is 1. The molecule has 2 heterocycles. The number of nitrogens with one attached hydrogen (secondary N) is 1. The average molecular weight is 337 g/mol. The van der Waals surface area contributed by atoms with Crippen molar-refractivity contribution in [2.24, 2.45) is 0 Å². The molecule has 1 atom stereocenters. The van der Waals surface area contributed by atoms with Crippen molar-refractivity contribution < 1.29 is 4.21 Å². The van der Waals surface area contributed by atoms with Crippen molar-refractivity contribution in [3.05, 3.63) is 64.6 Å². The molecule has 5 nitrogen and oxygen atoms in total. The highest BCUT2D eigenvalue weighted by molar-refractivity contribution is 7.84. The van der Waals surface area contributed by atoms with Gasteiger partial charge in [-0.15, -0.1) is 0 Å². The Kier molecular flexibility index (Phi) is 3.35. The van der Waals surface area contributed by atoms with Crippen molar-refractivity contribution in [2.75, 3.05) is 6.26 Å². The molecule has 0 aliphatic carbocycles. The largest absolute Gasteiger partial charge is 0.348 e. The molecule has 24 heavy (non-hydrogen) atoms. The SMILES string of the molecule is Cc1cc2n[nH]c(=O)n2c2cc(-c3ccc(S(C)=O)cc3)ccc12. The Bertz CT molecular complexity index is 1160. The lowest BCUT2D eigenvalue weighted by Crippen LogP contribution is -2.10. The maximum atomic E-state index is 12.1. The molecule has 0 amide bonds. The first-order valence-electron chi connectivity index (χ1n) is 7.49. The van der Waals surface area contributed by atoms with Crippen LogP contribution < -0.4 is 5.69 Å². The second-order valence-corrected chi connectivity index (χ2v) is 7.14. The molecule has 0 aliphatic rings. The van der Waals surface area contributed by atoms with E-state index in [0.29, 0.717) is 5.65 Å². The predicted molar refractivity (Wildman–Crippen MR) is 95.8 cm³/mol. The third kappa shape index (κ3) is 2.27.